The number of anilines is 2. The minimum absolute atomic E-state index is 0.124. The summed E-state index contributed by atoms with van der Waals surface area (Å²) in [5.41, 5.74) is 11.3. The number of likely N-dealkylation sites (N-methyl/N-ethyl adjacent to an activating group) is 1. The standard InChI is InChI=1S/C31H32N6O3/c1-35-13-15-36(16-14-35)19-27(38)37-12-11-21-17-23(8-10-26(21)37)33-29(20-5-3-2-4-6-20)28-24-9-7-22(30(32)39)18-25(24)34-31(28)40/h2-10,17-18,28H,11-16,19H2,1H3,(H2,32,39)(H,34,40). The van der Waals surface area contributed by atoms with Crippen molar-refractivity contribution in [3.63, 3.8) is 0 Å². The molecule has 0 aliphatic carbocycles. The molecule has 0 radical (unpaired) electrons. The third-order valence-corrected chi connectivity index (χ3v) is 7.98. The van der Waals surface area contributed by atoms with Crippen molar-refractivity contribution in [1.82, 2.24) is 9.80 Å². The molecule has 9 heteroatoms. The average molecular weight is 537 g/mol. The van der Waals surface area contributed by atoms with Gasteiger partial charge < -0.3 is 20.9 Å². The van der Waals surface area contributed by atoms with Crippen LogP contribution in [0.1, 0.15) is 33.0 Å². The van der Waals surface area contributed by atoms with E-state index in [1.807, 2.05) is 53.4 Å². The van der Waals surface area contributed by atoms with Gasteiger partial charge in [-0.15, -0.1) is 0 Å². The van der Waals surface area contributed by atoms with Crippen LogP contribution in [0.3, 0.4) is 0 Å². The molecule has 3 aliphatic rings. The third-order valence-electron chi connectivity index (χ3n) is 7.98. The Hall–Kier alpha value is -4.34. The summed E-state index contributed by atoms with van der Waals surface area (Å²) in [5.74, 6) is -1.28. The van der Waals surface area contributed by atoms with E-state index in [2.05, 4.69) is 22.2 Å². The summed E-state index contributed by atoms with van der Waals surface area (Å²) >= 11 is 0. The first-order chi connectivity index (χ1) is 19.4. The van der Waals surface area contributed by atoms with Gasteiger partial charge in [0.1, 0.15) is 5.92 Å². The topological polar surface area (TPSA) is 111 Å². The molecular formula is C31H32N6O3. The number of hydrogen-bond donors (Lipinski definition) is 2. The fourth-order valence-electron chi connectivity index (χ4n) is 5.73. The number of nitrogens with zero attached hydrogens (tertiary/aromatic N) is 4. The number of fused-ring (bicyclic) bond motifs is 2. The predicted molar refractivity (Wildman–Crippen MR) is 155 cm³/mol. The van der Waals surface area contributed by atoms with Gasteiger partial charge in [0.15, 0.2) is 0 Å². The van der Waals surface area contributed by atoms with Crippen molar-refractivity contribution in [2.24, 2.45) is 10.7 Å². The Bertz CT molecular complexity index is 1510. The number of aliphatic imine (C=N–C) groups is 1. The van der Waals surface area contributed by atoms with E-state index in [-0.39, 0.29) is 11.8 Å². The second-order valence-corrected chi connectivity index (χ2v) is 10.6. The Morgan fingerprint density at radius 3 is 2.48 bits per heavy atom. The van der Waals surface area contributed by atoms with Crippen LogP contribution >= 0.6 is 0 Å². The minimum Gasteiger partial charge on any atom is -0.366 e. The van der Waals surface area contributed by atoms with Crippen molar-refractivity contribution in [3.8, 4) is 0 Å². The lowest BCUT2D eigenvalue weighted by molar-refractivity contribution is -0.120. The molecule has 1 unspecified atom stereocenters. The van der Waals surface area contributed by atoms with Crippen molar-refractivity contribution in [1.29, 1.82) is 0 Å². The van der Waals surface area contributed by atoms with E-state index >= 15 is 0 Å². The molecule has 3 aromatic rings. The van der Waals surface area contributed by atoms with Crippen LogP contribution in [-0.2, 0) is 16.0 Å². The molecule has 3 N–H and O–H groups in total. The molecular weight excluding hydrogens is 504 g/mol. The SMILES string of the molecule is CN1CCN(CC(=O)N2CCc3cc(N=C(c4ccccc4)C4C(=O)Nc5cc(C(N)=O)ccc54)ccc32)CC1. The Morgan fingerprint density at radius 2 is 1.73 bits per heavy atom. The summed E-state index contributed by atoms with van der Waals surface area (Å²) in [6.45, 7) is 4.84. The zero-order valence-corrected chi connectivity index (χ0v) is 22.5. The van der Waals surface area contributed by atoms with Crippen LogP contribution in [0, 0.1) is 0 Å². The van der Waals surface area contributed by atoms with Gasteiger partial charge in [0, 0.05) is 49.7 Å². The van der Waals surface area contributed by atoms with Crippen molar-refractivity contribution >= 4 is 40.5 Å². The zero-order valence-electron chi connectivity index (χ0n) is 22.5. The Balaban J connectivity index is 1.30. The fourth-order valence-corrected chi connectivity index (χ4v) is 5.73. The zero-order chi connectivity index (χ0) is 27.8. The molecule has 1 fully saturated rings. The van der Waals surface area contributed by atoms with Crippen LogP contribution in [0.25, 0.3) is 0 Å². The van der Waals surface area contributed by atoms with Gasteiger partial charge in [0.2, 0.25) is 17.7 Å². The lowest BCUT2D eigenvalue weighted by Crippen LogP contribution is -2.48. The van der Waals surface area contributed by atoms with Gasteiger partial charge in [-0.25, -0.2) is 0 Å². The number of hydrogen-bond acceptors (Lipinski definition) is 6. The molecule has 204 valence electrons. The second kappa shape index (κ2) is 10.7. The Labute approximate surface area is 233 Å². The largest absolute Gasteiger partial charge is 0.366 e. The van der Waals surface area contributed by atoms with Crippen molar-refractivity contribution in [3.05, 3.63) is 89.0 Å². The third kappa shape index (κ3) is 5.01. The maximum absolute atomic E-state index is 13.2. The van der Waals surface area contributed by atoms with Crippen LogP contribution in [0.2, 0.25) is 0 Å². The van der Waals surface area contributed by atoms with Crippen molar-refractivity contribution in [2.75, 3.05) is 56.5 Å². The van der Waals surface area contributed by atoms with Gasteiger partial charge in [0.25, 0.3) is 0 Å². The van der Waals surface area contributed by atoms with Gasteiger partial charge in [0.05, 0.1) is 17.9 Å². The highest BCUT2D eigenvalue weighted by atomic mass is 16.2. The molecule has 0 aromatic heterocycles. The highest BCUT2D eigenvalue weighted by Crippen LogP contribution is 2.38. The number of carbonyl (C=O) groups is 3. The molecule has 1 saturated heterocycles. The van der Waals surface area contributed by atoms with Crippen LogP contribution in [0.4, 0.5) is 17.1 Å². The predicted octanol–water partition coefficient (Wildman–Crippen LogP) is 2.78. The lowest BCUT2D eigenvalue weighted by Gasteiger charge is -2.32. The Morgan fingerprint density at radius 1 is 0.950 bits per heavy atom. The van der Waals surface area contributed by atoms with Gasteiger partial charge >= 0.3 is 0 Å². The first-order valence-corrected chi connectivity index (χ1v) is 13.6. The summed E-state index contributed by atoms with van der Waals surface area (Å²) in [4.78, 5) is 49.5. The van der Waals surface area contributed by atoms with Crippen LogP contribution in [0.5, 0.6) is 0 Å². The quantitative estimate of drug-likeness (QED) is 0.471. The number of benzene rings is 3. The van der Waals surface area contributed by atoms with Crippen molar-refractivity contribution in [2.45, 2.75) is 12.3 Å². The average Bonchev–Trinajstić information content (AvgIpc) is 3.53. The molecule has 0 saturated carbocycles. The highest BCUT2D eigenvalue weighted by molar-refractivity contribution is 6.24. The number of nitrogens with two attached hydrogens (primary N) is 1. The van der Waals surface area contributed by atoms with Crippen molar-refractivity contribution < 1.29 is 14.4 Å². The molecule has 3 heterocycles. The molecule has 0 spiro atoms. The lowest BCUT2D eigenvalue weighted by atomic mass is 9.90. The number of primary amides is 1. The smallest absolute Gasteiger partial charge is 0.248 e. The van der Waals surface area contributed by atoms with E-state index in [0.717, 1.165) is 60.7 Å². The highest BCUT2D eigenvalue weighted by Gasteiger charge is 2.36. The molecule has 3 aliphatic heterocycles. The number of amides is 3. The van der Waals surface area contributed by atoms with E-state index in [1.165, 1.54) is 0 Å². The van der Waals surface area contributed by atoms with Crippen LogP contribution in [-0.4, -0.2) is 79.5 Å². The van der Waals surface area contributed by atoms with E-state index < -0.39 is 11.8 Å². The van der Waals surface area contributed by atoms with Crippen LogP contribution < -0.4 is 16.0 Å². The summed E-state index contributed by atoms with van der Waals surface area (Å²) in [7, 11) is 2.11. The van der Waals surface area contributed by atoms with Gasteiger partial charge in [-0.05, 0) is 60.5 Å². The molecule has 6 rings (SSSR count). The van der Waals surface area contributed by atoms with Gasteiger partial charge in [-0.1, -0.05) is 36.4 Å². The first-order valence-electron chi connectivity index (χ1n) is 13.6. The van der Waals surface area contributed by atoms with E-state index in [9.17, 15) is 14.4 Å². The normalized spacial score (nSPS) is 19.3. The number of carbonyl (C=O) groups excluding carboxylic acids is 3. The van der Waals surface area contributed by atoms with E-state index in [0.29, 0.717) is 30.1 Å². The van der Waals surface area contributed by atoms with E-state index in [1.54, 1.807) is 18.2 Å². The molecule has 3 aromatic carbocycles. The summed E-state index contributed by atoms with van der Waals surface area (Å²) in [6, 6.07) is 20.5. The minimum atomic E-state index is -0.644. The molecule has 1 atom stereocenters. The molecule has 3 amide bonds. The summed E-state index contributed by atoms with van der Waals surface area (Å²) < 4.78 is 0. The van der Waals surface area contributed by atoms with E-state index in [4.69, 9.17) is 10.7 Å². The van der Waals surface area contributed by atoms with Gasteiger partial charge in [-0.2, -0.15) is 0 Å². The summed E-state index contributed by atoms with van der Waals surface area (Å²) in [5, 5.41) is 2.90. The van der Waals surface area contributed by atoms with Gasteiger partial charge in [-0.3, -0.25) is 24.3 Å². The first kappa shape index (κ1) is 25.9. The van der Waals surface area contributed by atoms with Crippen LogP contribution in [0.15, 0.2) is 71.7 Å². The molecule has 9 nitrogen and oxygen atoms in total. The molecule has 0 bridgehead atoms. The summed E-state index contributed by atoms with van der Waals surface area (Å²) in [6.07, 6.45) is 0.760. The molecule has 40 heavy (non-hydrogen) atoms. The maximum Gasteiger partial charge on any atom is 0.248 e. The maximum atomic E-state index is 13.2. The second-order valence-electron chi connectivity index (χ2n) is 10.6. The fraction of sp³-hybridized carbons (Fsp3) is 0.290. The number of nitrogens with one attached hydrogen (secondary N) is 1. The number of rotatable bonds is 6. The monoisotopic (exact) mass is 536 g/mol. The Kier molecular flexibility index (Phi) is 6.91. The number of piperazine rings is 1.